The van der Waals surface area contributed by atoms with Crippen LogP contribution in [0, 0.1) is 0 Å². The van der Waals surface area contributed by atoms with Crippen LogP contribution in [-0.4, -0.2) is 84.1 Å². The molecular formula is C17H21N5O5. The normalized spacial score (nSPS) is 37.5. The molecule has 2 bridgehead atoms. The van der Waals surface area contributed by atoms with E-state index in [1.165, 1.54) is 6.33 Å². The van der Waals surface area contributed by atoms with Crippen LogP contribution < -0.4 is 5.32 Å². The Kier molecular flexibility index (Phi) is 4.10. The third kappa shape index (κ3) is 2.80. The van der Waals surface area contributed by atoms with Crippen LogP contribution in [0.5, 0.6) is 0 Å². The molecule has 2 aromatic rings. The van der Waals surface area contributed by atoms with Crippen molar-refractivity contribution in [2.75, 3.05) is 11.9 Å². The van der Waals surface area contributed by atoms with Crippen molar-refractivity contribution >= 4 is 17.0 Å². The molecule has 3 aliphatic rings. The second-order valence-corrected chi connectivity index (χ2v) is 7.18. The summed E-state index contributed by atoms with van der Waals surface area (Å²) in [6, 6.07) is 0.142. The zero-order chi connectivity index (χ0) is 18.5. The molecule has 5 heterocycles. The number of nitrogens with zero attached hydrogens (tertiary/aromatic N) is 4. The number of hydrogen-bond acceptors (Lipinski definition) is 9. The second-order valence-electron chi connectivity index (χ2n) is 7.18. The van der Waals surface area contributed by atoms with Gasteiger partial charge in [0.25, 0.3) is 0 Å². The smallest absolute Gasteiger partial charge is 0.165 e. The Bertz CT molecular complexity index is 873. The number of nitrogens with one attached hydrogen (secondary N) is 1. The molecule has 2 fully saturated rings. The Hall–Kier alpha value is -2.11. The first-order valence-electron chi connectivity index (χ1n) is 9.02. The first-order valence-corrected chi connectivity index (χ1v) is 9.02. The maximum absolute atomic E-state index is 10.1. The van der Waals surface area contributed by atoms with E-state index in [1.54, 1.807) is 10.9 Å². The van der Waals surface area contributed by atoms with Crippen molar-refractivity contribution in [3.05, 3.63) is 24.8 Å². The summed E-state index contributed by atoms with van der Waals surface area (Å²) in [6.45, 7) is -0.0998. The molecule has 144 valence electrons. The van der Waals surface area contributed by atoms with Crippen LogP contribution in [0.3, 0.4) is 0 Å². The lowest BCUT2D eigenvalue weighted by Gasteiger charge is -2.18. The summed E-state index contributed by atoms with van der Waals surface area (Å²) in [5.74, 6) is 0.634. The van der Waals surface area contributed by atoms with Gasteiger partial charge in [-0.05, 0) is 0 Å². The van der Waals surface area contributed by atoms with Crippen LogP contribution in [0.25, 0.3) is 11.2 Å². The zero-order valence-corrected chi connectivity index (χ0v) is 14.4. The van der Waals surface area contributed by atoms with Crippen LogP contribution in [-0.2, 0) is 16.0 Å². The molecule has 0 aliphatic carbocycles. The van der Waals surface area contributed by atoms with Crippen molar-refractivity contribution in [3.63, 3.8) is 0 Å². The summed E-state index contributed by atoms with van der Waals surface area (Å²) in [5.41, 5.74) is 1.22. The van der Waals surface area contributed by atoms with Gasteiger partial charge < -0.3 is 34.7 Å². The fraction of sp³-hybridized carbons (Fsp3) is 0.588. The van der Waals surface area contributed by atoms with Crippen LogP contribution in [0.2, 0.25) is 0 Å². The van der Waals surface area contributed by atoms with Crippen molar-refractivity contribution in [2.45, 2.75) is 55.6 Å². The molecule has 10 nitrogen and oxygen atoms in total. The number of anilines is 1. The number of hydrogen-bond donors (Lipinski definition) is 4. The van der Waals surface area contributed by atoms with Crippen molar-refractivity contribution < 1.29 is 24.8 Å². The van der Waals surface area contributed by atoms with Crippen molar-refractivity contribution in [1.82, 2.24) is 19.5 Å². The molecule has 4 N–H and O–H groups in total. The van der Waals surface area contributed by atoms with Crippen LogP contribution >= 0.6 is 0 Å². The summed E-state index contributed by atoms with van der Waals surface area (Å²) in [5, 5.41) is 32.7. The van der Waals surface area contributed by atoms with Crippen LogP contribution in [0.15, 0.2) is 24.8 Å². The fourth-order valence-corrected chi connectivity index (χ4v) is 4.03. The standard InChI is InChI=1S/C17H21N5O5/c23-5-12-15(25)14(24)11(27-12)4-22-7-20-13-16(18-6-19-17(13)22)21-9-3-8-1-2-10(9)26-8/h1-2,6-12,14-15,23-25H,3-5H2,(H,18,19,21). The third-order valence-corrected chi connectivity index (χ3v) is 5.47. The van der Waals surface area contributed by atoms with Gasteiger partial charge >= 0.3 is 0 Å². The van der Waals surface area contributed by atoms with Gasteiger partial charge in [0.15, 0.2) is 11.5 Å². The minimum Gasteiger partial charge on any atom is -0.394 e. The van der Waals surface area contributed by atoms with E-state index in [1.807, 2.05) is 0 Å². The van der Waals surface area contributed by atoms with E-state index in [0.29, 0.717) is 17.0 Å². The average Bonchev–Trinajstić information content (AvgIpc) is 3.44. The lowest BCUT2D eigenvalue weighted by Crippen LogP contribution is -2.35. The predicted octanol–water partition coefficient (Wildman–Crippen LogP) is -1.18. The summed E-state index contributed by atoms with van der Waals surface area (Å²) in [4.78, 5) is 13.0. The highest BCUT2D eigenvalue weighted by atomic mass is 16.6. The monoisotopic (exact) mass is 375 g/mol. The molecule has 0 saturated carbocycles. The molecule has 5 rings (SSSR count). The average molecular weight is 375 g/mol. The Morgan fingerprint density at radius 1 is 1.11 bits per heavy atom. The van der Waals surface area contributed by atoms with E-state index in [-0.39, 0.29) is 31.4 Å². The van der Waals surface area contributed by atoms with Gasteiger partial charge in [-0.1, -0.05) is 12.2 Å². The molecule has 0 amide bonds. The minimum atomic E-state index is -1.12. The van der Waals surface area contributed by atoms with E-state index >= 15 is 0 Å². The Balaban J connectivity index is 1.37. The summed E-state index contributed by atoms with van der Waals surface area (Å²) in [6.07, 6.45) is 4.64. The maximum atomic E-state index is 10.1. The quantitative estimate of drug-likeness (QED) is 0.476. The Morgan fingerprint density at radius 3 is 2.67 bits per heavy atom. The fourth-order valence-electron chi connectivity index (χ4n) is 4.03. The first kappa shape index (κ1) is 17.0. The lowest BCUT2D eigenvalue weighted by atomic mass is 10.0. The predicted molar refractivity (Wildman–Crippen MR) is 92.9 cm³/mol. The van der Waals surface area contributed by atoms with Gasteiger partial charge in [0.2, 0.25) is 0 Å². The van der Waals surface area contributed by atoms with Gasteiger partial charge in [-0.15, -0.1) is 0 Å². The van der Waals surface area contributed by atoms with Gasteiger partial charge in [0, 0.05) is 6.42 Å². The third-order valence-electron chi connectivity index (χ3n) is 5.47. The molecule has 3 aliphatic heterocycles. The lowest BCUT2D eigenvalue weighted by molar-refractivity contribution is -0.0262. The van der Waals surface area contributed by atoms with Gasteiger partial charge in [-0.25, -0.2) is 15.0 Å². The van der Waals surface area contributed by atoms with E-state index < -0.39 is 24.4 Å². The Morgan fingerprint density at radius 2 is 1.96 bits per heavy atom. The molecule has 0 aromatic carbocycles. The number of fused-ring (bicyclic) bond motifs is 3. The molecule has 0 radical (unpaired) electrons. The highest BCUT2D eigenvalue weighted by molar-refractivity contribution is 5.82. The number of imidazole rings is 1. The zero-order valence-electron chi connectivity index (χ0n) is 14.4. The van der Waals surface area contributed by atoms with E-state index in [9.17, 15) is 15.3 Å². The van der Waals surface area contributed by atoms with Crippen LogP contribution in [0.4, 0.5) is 5.82 Å². The highest BCUT2D eigenvalue weighted by Crippen LogP contribution is 2.31. The SMILES string of the molecule is OCC1OC(Cn2cnc3c(NC4CC5C=CC4O5)ncnc32)C(O)C1O. The summed E-state index contributed by atoms with van der Waals surface area (Å²) in [7, 11) is 0. The summed E-state index contributed by atoms with van der Waals surface area (Å²) >= 11 is 0. The van der Waals surface area contributed by atoms with Gasteiger partial charge in [0.1, 0.15) is 36.3 Å². The molecule has 7 unspecified atom stereocenters. The number of rotatable bonds is 5. The molecule has 2 aromatic heterocycles. The topological polar surface area (TPSA) is 135 Å². The second kappa shape index (κ2) is 6.50. The summed E-state index contributed by atoms with van der Waals surface area (Å²) < 4.78 is 13.1. The van der Waals surface area contributed by atoms with Gasteiger partial charge in [0.05, 0.1) is 37.7 Å². The maximum Gasteiger partial charge on any atom is 0.165 e. The molecule has 7 atom stereocenters. The largest absolute Gasteiger partial charge is 0.394 e. The van der Waals surface area contributed by atoms with Crippen LogP contribution in [0.1, 0.15) is 6.42 Å². The minimum absolute atomic E-state index is 0.0426. The Labute approximate surface area is 154 Å². The highest BCUT2D eigenvalue weighted by Gasteiger charge is 2.42. The van der Waals surface area contributed by atoms with Crippen molar-refractivity contribution in [1.29, 1.82) is 0 Å². The van der Waals surface area contributed by atoms with E-state index in [4.69, 9.17) is 9.47 Å². The molecule has 27 heavy (non-hydrogen) atoms. The van der Waals surface area contributed by atoms with Crippen molar-refractivity contribution in [2.24, 2.45) is 0 Å². The van der Waals surface area contributed by atoms with Gasteiger partial charge in [-0.3, -0.25) is 0 Å². The van der Waals surface area contributed by atoms with E-state index in [0.717, 1.165) is 6.42 Å². The number of ether oxygens (including phenoxy) is 2. The first-order chi connectivity index (χ1) is 13.1. The van der Waals surface area contributed by atoms with E-state index in [2.05, 4.69) is 32.4 Å². The molecule has 2 saturated heterocycles. The number of aromatic nitrogens is 4. The number of aliphatic hydroxyl groups excluding tert-OH is 3. The van der Waals surface area contributed by atoms with Gasteiger partial charge in [-0.2, -0.15) is 0 Å². The number of aliphatic hydroxyl groups is 3. The molecular weight excluding hydrogens is 354 g/mol. The van der Waals surface area contributed by atoms with Crippen molar-refractivity contribution in [3.8, 4) is 0 Å². The molecule has 10 heteroatoms. The molecule has 0 spiro atoms.